The van der Waals surface area contributed by atoms with Gasteiger partial charge in [0.25, 0.3) is 0 Å². The second kappa shape index (κ2) is 7.35. The lowest BCUT2D eigenvalue weighted by molar-refractivity contribution is -0.140. The zero-order valence-corrected chi connectivity index (χ0v) is 14.3. The van der Waals surface area contributed by atoms with Gasteiger partial charge in [-0.15, -0.1) is 0 Å². The summed E-state index contributed by atoms with van der Waals surface area (Å²) in [5, 5.41) is 0. The van der Waals surface area contributed by atoms with Crippen LogP contribution in [0.15, 0.2) is 24.3 Å². The average molecular weight is 316 g/mol. The number of hydrogen-bond donors (Lipinski definition) is 0. The fourth-order valence-corrected chi connectivity index (χ4v) is 3.55. The monoisotopic (exact) mass is 316 g/mol. The van der Waals surface area contributed by atoms with Crippen LogP contribution in [0.1, 0.15) is 37.7 Å². The van der Waals surface area contributed by atoms with Crippen LogP contribution in [0.5, 0.6) is 5.75 Å². The molecule has 1 aromatic carbocycles. The summed E-state index contributed by atoms with van der Waals surface area (Å²) in [6, 6.07) is 8.69. The van der Waals surface area contributed by atoms with Gasteiger partial charge in [0.2, 0.25) is 5.91 Å². The lowest BCUT2D eigenvalue weighted by Gasteiger charge is -2.39. The number of nitrogens with zero attached hydrogens (tertiary/aromatic N) is 2. The molecule has 0 unspecified atom stereocenters. The molecule has 0 saturated carbocycles. The van der Waals surface area contributed by atoms with Crippen molar-refractivity contribution in [3.05, 3.63) is 29.8 Å². The van der Waals surface area contributed by atoms with E-state index in [1.54, 1.807) is 0 Å². The summed E-state index contributed by atoms with van der Waals surface area (Å²) in [4.78, 5) is 16.6. The maximum atomic E-state index is 12.3. The van der Waals surface area contributed by atoms with Crippen molar-refractivity contribution < 1.29 is 9.53 Å². The summed E-state index contributed by atoms with van der Waals surface area (Å²) in [5.41, 5.74) is 1.20. The first-order chi connectivity index (χ1) is 11.1. The largest absolute Gasteiger partial charge is 0.487 e. The van der Waals surface area contributed by atoms with E-state index < -0.39 is 0 Å². The Kier molecular flexibility index (Phi) is 5.21. The van der Waals surface area contributed by atoms with E-state index in [2.05, 4.69) is 24.9 Å². The summed E-state index contributed by atoms with van der Waals surface area (Å²) in [6.45, 7) is 4.70. The second-order valence-corrected chi connectivity index (χ2v) is 7.02. The van der Waals surface area contributed by atoms with Gasteiger partial charge < -0.3 is 14.5 Å². The van der Waals surface area contributed by atoms with E-state index >= 15 is 0 Å². The summed E-state index contributed by atoms with van der Waals surface area (Å²) in [7, 11) is 2.18. The number of amides is 1. The maximum Gasteiger partial charge on any atom is 0.222 e. The Labute approximate surface area is 139 Å². The van der Waals surface area contributed by atoms with Crippen LogP contribution in [-0.4, -0.2) is 54.5 Å². The molecule has 3 rings (SSSR count). The van der Waals surface area contributed by atoms with Gasteiger partial charge in [-0.2, -0.15) is 0 Å². The van der Waals surface area contributed by atoms with E-state index in [9.17, 15) is 4.79 Å². The van der Waals surface area contributed by atoms with Crippen molar-refractivity contribution in [1.29, 1.82) is 0 Å². The van der Waals surface area contributed by atoms with E-state index in [1.807, 2.05) is 23.1 Å². The van der Waals surface area contributed by atoms with Crippen LogP contribution >= 0.6 is 0 Å². The minimum atomic E-state index is 0.151. The van der Waals surface area contributed by atoms with Gasteiger partial charge in [0.15, 0.2) is 0 Å². The van der Waals surface area contributed by atoms with Gasteiger partial charge in [-0.25, -0.2) is 0 Å². The summed E-state index contributed by atoms with van der Waals surface area (Å²) in [6.07, 6.45) is 5.66. The molecule has 4 heteroatoms. The quantitative estimate of drug-likeness (QED) is 0.837. The van der Waals surface area contributed by atoms with Crippen molar-refractivity contribution in [2.24, 2.45) is 0 Å². The molecule has 0 spiro atoms. The fraction of sp³-hybridized carbons (Fsp3) is 0.632. The van der Waals surface area contributed by atoms with Crippen molar-refractivity contribution >= 4 is 5.91 Å². The lowest BCUT2D eigenvalue weighted by atomic mass is 9.98. The average Bonchev–Trinajstić information content (AvgIpc) is 2.49. The smallest absolute Gasteiger partial charge is 0.222 e. The molecule has 1 atom stereocenters. The van der Waals surface area contributed by atoms with Crippen molar-refractivity contribution in [1.82, 2.24) is 9.80 Å². The third-order valence-corrected chi connectivity index (χ3v) is 5.11. The Hall–Kier alpha value is -1.55. The summed E-state index contributed by atoms with van der Waals surface area (Å²) >= 11 is 0. The zero-order chi connectivity index (χ0) is 16.2. The molecule has 2 heterocycles. The molecular weight excluding hydrogens is 288 g/mol. The molecule has 126 valence electrons. The van der Waals surface area contributed by atoms with Crippen molar-refractivity contribution in [3.63, 3.8) is 0 Å². The molecule has 0 bridgehead atoms. The van der Waals surface area contributed by atoms with Crippen LogP contribution in [-0.2, 0) is 4.79 Å². The number of hydrogen-bond acceptors (Lipinski definition) is 3. The maximum absolute atomic E-state index is 12.3. The Morgan fingerprint density at radius 1 is 1.30 bits per heavy atom. The van der Waals surface area contributed by atoms with E-state index in [-0.39, 0.29) is 12.0 Å². The van der Waals surface area contributed by atoms with Crippen LogP contribution in [0, 0.1) is 6.92 Å². The first-order valence-electron chi connectivity index (χ1n) is 8.83. The van der Waals surface area contributed by atoms with Gasteiger partial charge in [-0.1, -0.05) is 18.6 Å². The highest BCUT2D eigenvalue weighted by Crippen LogP contribution is 2.22. The van der Waals surface area contributed by atoms with Gasteiger partial charge in [0.1, 0.15) is 11.9 Å². The van der Waals surface area contributed by atoms with Gasteiger partial charge in [-0.05, 0) is 57.5 Å². The number of aryl methyl sites for hydroxylation is 1. The van der Waals surface area contributed by atoms with Crippen LogP contribution in [0.25, 0.3) is 0 Å². The van der Waals surface area contributed by atoms with Gasteiger partial charge in [0, 0.05) is 12.5 Å². The molecule has 0 aromatic heterocycles. The predicted molar refractivity (Wildman–Crippen MR) is 91.7 cm³/mol. The predicted octanol–water partition coefficient (Wildman–Crippen LogP) is 2.85. The molecule has 2 aliphatic rings. The van der Waals surface area contributed by atoms with Crippen LogP contribution in [0.3, 0.4) is 0 Å². The molecule has 0 radical (unpaired) electrons. The molecule has 4 nitrogen and oxygen atoms in total. The third-order valence-electron chi connectivity index (χ3n) is 5.11. The van der Waals surface area contributed by atoms with Gasteiger partial charge in [-0.3, -0.25) is 4.79 Å². The fourth-order valence-electron chi connectivity index (χ4n) is 3.55. The Balaban J connectivity index is 1.38. The molecule has 23 heavy (non-hydrogen) atoms. The zero-order valence-electron chi connectivity index (χ0n) is 14.3. The molecule has 0 aliphatic carbocycles. The van der Waals surface area contributed by atoms with Crippen LogP contribution in [0.2, 0.25) is 0 Å². The molecule has 0 N–H and O–H groups in total. The van der Waals surface area contributed by atoms with E-state index in [0.717, 1.165) is 25.3 Å². The van der Waals surface area contributed by atoms with Crippen LogP contribution in [0.4, 0.5) is 0 Å². The minimum absolute atomic E-state index is 0.151. The number of carbonyl (C=O) groups excluding carboxylic acids is 1. The van der Waals surface area contributed by atoms with Crippen molar-refractivity contribution in [2.75, 3.05) is 26.7 Å². The van der Waals surface area contributed by atoms with Crippen molar-refractivity contribution in [3.8, 4) is 5.75 Å². The standard InChI is InChI=1S/C19H28N2O2/c1-15-6-5-8-17(12-15)23-18-13-21(14-18)19(22)10-9-16-7-3-4-11-20(16)2/h5-6,8,12,16,18H,3-4,7,9-11,13-14H2,1-2H3/t16-/m0/s1. The highest BCUT2D eigenvalue weighted by atomic mass is 16.5. The van der Waals surface area contributed by atoms with E-state index in [0.29, 0.717) is 12.5 Å². The van der Waals surface area contributed by atoms with E-state index in [1.165, 1.54) is 31.4 Å². The minimum Gasteiger partial charge on any atom is -0.487 e. The molecule has 2 aliphatic heterocycles. The number of rotatable bonds is 5. The topological polar surface area (TPSA) is 32.8 Å². The van der Waals surface area contributed by atoms with E-state index in [4.69, 9.17) is 4.74 Å². The number of piperidine rings is 1. The van der Waals surface area contributed by atoms with Crippen molar-refractivity contribution in [2.45, 2.75) is 51.2 Å². The number of likely N-dealkylation sites (tertiary alicyclic amines) is 2. The Morgan fingerprint density at radius 3 is 2.87 bits per heavy atom. The number of ether oxygens (including phenoxy) is 1. The molecule has 2 fully saturated rings. The molecular formula is C19H28N2O2. The lowest BCUT2D eigenvalue weighted by Crippen LogP contribution is -2.56. The second-order valence-electron chi connectivity index (χ2n) is 7.02. The normalized spacial score (nSPS) is 22.7. The summed E-state index contributed by atoms with van der Waals surface area (Å²) < 4.78 is 5.92. The highest BCUT2D eigenvalue weighted by Gasteiger charge is 2.32. The van der Waals surface area contributed by atoms with Crippen LogP contribution < -0.4 is 4.74 Å². The number of carbonyl (C=O) groups is 1. The Morgan fingerprint density at radius 2 is 2.13 bits per heavy atom. The Bertz CT molecular complexity index is 540. The highest BCUT2D eigenvalue weighted by molar-refractivity contribution is 5.77. The van der Waals surface area contributed by atoms with Gasteiger partial charge >= 0.3 is 0 Å². The third kappa shape index (κ3) is 4.25. The molecule has 2 saturated heterocycles. The SMILES string of the molecule is Cc1cccc(OC2CN(C(=O)CC[C@@H]3CCCCN3C)C2)c1. The molecule has 1 amide bonds. The first-order valence-corrected chi connectivity index (χ1v) is 8.83. The molecule has 1 aromatic rings. The number of benzene rings is 1. The van der Waals surface area contributed by atoms with Gasteiger partial charge in [0.05, 0.1) is 13.1 Å². The first kappa shape index (κ1) is 16.3. The summed E-state index contributed by atoms with van der Waals surface area (Å²) in [5.74, 6) is 1.19.